The smallest absolute Gasteiger partial charge is 0.315 e. The van der Waals surface area contributed by atoms with E-state index in [1.54, 1.807) is 0 Å². The first-order chi connectivity index (χ1) is 7.41. The van der Waals surface area contributed by atoms with E-state index in [2.05, 4.69) is 10.6 Å². The van der Waals surface area contributed by atoms with Crippen LogP contribution in [0.2, 0.25) is 0 Å². The van der Waals surface area contributed by atoms with Crippen molar-refractivity contribution in [2.45, 2.75) is 25.8 Å². The summed E-state index contributed by atoms with van der Waals surface area (Å²) in [7, 11) is 0. The van der Waals surface area contributed by atoms with E-state index in [9.17, 15) is 19.2 Å². The lowest BCUT2D eigenvalue weighted by atomic mass is 10.0. The largest absolute Gasteiger partial charge is 0.481 e. The quantitative estimate of drug-likeness (QED) is 0.407. The number of hydrogen-bond donors (Lipinski definition) is 3. The van der Waals surface area contributed by atoms with Crippen LogP contribution in [0.5, 0.6) is 0 Å². The topological polar surface area (TPSA) is 113 Å². The third-order valence-electron chi connectivity index (χ3n) is 2.32. The normalized spacial score (nSPS) is 22.2. The van der Waals surface area contributed by atoms with Crippen LogP contribution < -0.4 is 10.6 Å². The zero-order chi connectivity index (χ0) is 12.3. The number of imide groups is 1. The van der Waals surface area contributed by atoms with Crippen molar-refractivity contribution in [3.05, 3.63) is 0 Å². The minimum Gasteiger partial charge on any atom is -0.481 e. The number of piperidine rings is 1. The molecule has 88 valence electrons. The molecule has 1 aliphatic rings. The molecule has 3 N–H and O–H groups in total. The molecule has 2 unspecified atom stereocenters. The number of carboxylic acids is 1. The average molecular weight is 228 g/mol. The van der Waals surface area contributed by atoms with Crippen molar-refractivity contribution in [1.82, 2.24) is 10.6 Å². The van der Waals surface area contributed by atoms with E-state index in [4.69, 9.17) is 5.11 Å². The molecular weight excluding hydrogens is 216 g/mol. The van der Waals surface area contributed by atoms with Gasteiger partial charge in [0.25, 0.3) is 0 Å². The number of carbonyl (C=O) groups is 4. The second kappa shape index (κ2) is 4.73. The molecule has 1 rings (SSSR count). The van der Waals surface area contributed by atoms with Crippen LogP contribution in [0.15, 0.2) is 0 Å². The van der Waals surface area contributed by atoms with Gasteiger partial charge in [0.2, 0.25) is 17.7 Å². The standard InChI is InChI=1S/C9H12N2O5/c1-4(9(15)16)7(13)10-5-2-3-6(12)11-8(5)14/h4-5H,2-3H2,1H3,(H,10,13)(H,15,16)(H,11,12,14). The number of rotatable bonds is 3. The first kappa shape index (κ1) is 12.2. The summed E-state index contributed by atoms with van der Waals surface area (Å²) in [6.45, 7) is 1.23. The van der Waals surface area contributed by atoms with Crippen LogP contribution in [0.3, 0.4) is 0 Å². The van der Waals surface area contributed by atoms with Crippen LogP contribution in [0, 0.1) is 5.92 Å². The van der Waals surface area contributed by atoms with Gasteiger partial charge in [-0.15, -0.1) is 0 Å². The Morgan fingerprint density at radius 1 is 1.50 bits per heavy atom. The van der Waals surface area contributed by atoms with Gasteiger partial charge in [0.1, 0.15) is 12.0 Å². The molecule has 0 spiro atoms. The van der Waals surface area contributed by atoms with Gasteiger partial charge in [0.15, 0.2) is 0 Å². The molecule has 7 heteroatoms. The Balaban J connectivity index is 2.54. The maximum atomic E-state index is 11.3. The number of amides is 3. The Hall–Kier alpha value is -1.92. The number of carbonyl (C=O) groups excluding carboxylic acids is 3. The lowest BCUT2D eigenvalue weighted by Crippen LogP contribution is -2.53. The van der Waals surface area contributed by atoms with Crippen LogP contribution in [0.4, 0.5) is 0 Å². The van der Waals surface area contributed by atoms with Gasteiger partial charge in [0, 0.05) is 6.42 Å². The van der Waals surface area contributed by atoms with Gasteiger partial charge in [-0.25, -0.2) is 0 Å². The van der Waals surface area contributed by atoms with Crippen LogP contribution in [-0.2, 0) is 19.2 Å². The Morgan fingerprint density at radius 3 is 2.62 bits per heavy atom. The van der Waals surface area contributed by atoms with Gasteiger partial charge in [-0.2, -0.15) is 0 Å². The van der Waals surface area contributed by atoms with E-state index in [-0.39, 0.29) is 18.7 Å². The van der Waals surface area contributed by atoms with E-state index in [1.807, 2.05) is 0 Å². The van der Waals surface area contributed by atoms with Gasteiger partial charge in [-0.3, -0.25) is 24.5 Å². The Kier molecular flexibility index (Phi) is 3.60. The van der Waals surface area contributed by atoms with E-state index >= 15 is 0 Å². The minimum absolute atomic E-state index is 0.137. The molecule has 16 heavy (non-hydrogen) atoms. The molecule has 0 bridgehead atoms. The fourth-order valence-corrected chi connectivity index (χ4v) is 1.24. The second-order valence-electron chi connectivity index (χ2n) is 3.57. The fraction of sp³-hybridized carbons (Fsp3) is 0.556. The highest BCUT2D eigenvalue weighted by Gasteiger charge is 2.30. The Labute approximate surface area is 91.2 Å². The molecule has 2 atom stereocenters. The highest BCUT2D eigenvalue weighted by atomic mass is 16.4. The van der Waals surface area contributed by atoms with Crippen LogP contribution in [0.25, 0.3) is 0 Å². The maximum absolute atomic E-state index is 11.3. The van der Waals surface area contributed by atoms with Crippen molar-refractivity contribution in [2.24, 2.45) is 5.92 Å². The van der Waals surface area contributed by atoms with Gasteiger partial charge < -0.3 is 10.4 Å². The number of carboxylic acid groups (broad SMARTS) is 1. The van der Waals surface area contributed by atoms with Crippen molar-refractivity contribution in [1.29, 1.82) is 0 Å². The van der Waals surface area contributed by atoms with Crippen molar-refractivity contribution in [2.75, 3.05) is 0 Å². The van der Waals surface area contributed by atoms with E-state index in [1.165, 1.54) is 6.92 Å². The molecular formula is C9H12N2O5. The summed E-state index contributed by atoms with van der Waals surface area (Å²) in [5, 5.41) is 12.9. The summed E-state index contributed by atoms with van der Waals surface area (Å²) in [5.41, 5.74) is 0. The fourth-order valence-electron chi connectivity index (χ4n) is 1.24. The molecule has 1 saturated heterocycles. The van der Waals surface area contributed by atoms with Gasteiger partial charge in [-0.05, 0) is 13.3 Å². The number of aliphatic carboxylic acids is 1. The molecule has 1 heterocycles. The number of nitrogens with one attached hydrogen (secondary N) is 2. The van der Waals surface area contributed by atoms with E-state index in [0.717, 1.165) is 0 Å². The molecule has 0 aliphatic carbocycles. The summed E-state index contributed by atoms with van der Waals surface area (Å²) in [5.74, 6) is -4.19. The van der Waals surface area contributed by atoms with Crippen molar-refractivity contribution in [3.8, 4) is 0 Å². The lowest BCUT2D eigenvalue weighted by Gasteiger charge is -2.22. The van der Waals surface area contributed by atoms with Crippen LogP contribution in [0.1, 0.15) is 19.8 Å². The second-order valence-corrected chi connectivity index (χ2v) is 3.57. The van der Waals surface area contributed by atoms with E-state index in [0.29, 0.717) is 0 Å². The highest BCUT2D eigenvalue weighted by molar-refractivity contribution is 6.03. The molecule has 0 aromatic carbocycles. The van der Waals surface area contributed by atoms with E-state index < -0.39 is 29.7 Å². The van der Waals surface area contributed by atoms with Gasteiger partial charge >= 0.3 is 5.97 Å². The van der Waals surface area contributed by atoms with Gasteiger partial charge in [0.05, 0.1) is 0 Å². The first-order valence-corrected chi connectivity index (χ1v) is 4.78. The zero-order valence-electron chi connectivity index (χ0n) is 8.65. The SMILES string of the molecule is CC(C(=O)O)C(=O)NC1CCC(=O)NC1=O. The predicted molar refractivity (Wildman–Crippen MR) is 51.1 cm³/mol. The van der Waals surface area contributed by atoms with Gasteiger partial charge in [-0.1, -0.05) is 0 Å². The third kappa shape index (κ3) is 2.78. The predicted octanol–water partition coefficient (Wildman–Crippen LogP) is -1.37. The third-order valence-corrected chi connectivity index (χ3v) is 2.32. The molecule has 1 aliphatic heterocycles. The highest BCUT2D eigenvalue weighted by Crippen LogP contribution is 2.05. The molecule has 0 radical (unpaired) electrons. The average Bonchev–Trinajstić information content (AvgIpc) is 2.20. The summed E-state index contributed by atoms with van der Waals surface area (Å²) in [6, 6.07) is -0.827. The molecule has 3 amide bonds. The summed E-state index contributed by atoms with van der Waals surface area (Å²) < 4.78 is 0. The molecule has 7 nitrogen and oxygen atoms in total. The van der Waals surface area contributed by atoms with Crippen LogP contribution in [-0.4, -0.2) is 34.8 Å². The first-order valence-electron chi connectivity index (χ1n) is 4.78. The molecule has 0 aromatic rings. The van der Waals surface area contributed by atoms with Crippen molar-refractivity contribution in [3.63, 3.8) is 0 Å². The Bertz CT molecular complexity index is 352. The lowest BCUT2D eigenvalue weighted by molar-refractivity contribution is -0.148. The zero-order valence-corrected chi connectivity index (χ0v) is 8.65. The summed E-state index contributed by atoms with van der Waals surface area (Å²) >= 11 is 0. The molecule has 0 saturated carbocycles. The minimum atomic E-state index is -1.26. The Morgan fingerprint density at radius 2 is 2.12 bits per heavy atom. The summed E-state index contributed by atoms with van der Waals surface area (Å²) in [4.78, 5) is 43.9. The van der Waals surface area contributed by atoms with Crippen molar-refractivity contribution >= 4 is 23.7 Å². The maximum Gasteiger partial charge on any atom is 0.315 e. The van der Waals surface area contributed by atoms with Crippen molar-refractivity contribution < 1.29 is 24.3 Å². The molecule has 1 fully saturated rings. The molecule has 0 aromatic heterocycles. The monoisotopic (exact) mass is 228 g/mol. The number of hydrogen-bond acceptors (Lipinski definition) is 4. The van der Waals surface area contributed by atoms with Crippen LogP contribution >= 0.6 is 0 Å². The summed E-state index contributed by atoms with van der Waals surface area (Å²) in [6.07, 6.45) is 0.334.